The smallest absolute Gasteiger partial charge is 0.323 e. The fraction of sp³-hybridized carbons (Fsp3) is 0.773. The molecule has 0 radical (unpaired) electrons. The third kappa shape index (κ3) is 4.43. The van der Waals surface area contributed by atoms with Gasteiger partial charge in [-0.05, 0) is 44.4 Å². The number of halogens is 6. The Labute approximate surface area is 207 Å². The number of aromatic amines is 1. The number of carbonyl (C=O) groups is 1. The lowest BCUT2D eigenvalue weighted by atomic mass is 9.60. The van der Waals surface area contributed by atoms with Crippen molar-refractivity contribution in [1.29, 1.82) is 0 Å². The van der Waals surface area contributed by atoms with Crippen LogP contribution in [0.15, 0.2) is 6.33 Å². The van der Waals surface area contributed by atoms with E-state index in [2.05, 4.69) is 25.3 Å². The van der Waals surface area contributed by atoms with Gasteiger partial charge < -0.3 is 14.8 Å². The van der Waals surface area contributed by atoms with Gasteiger partial charge in [-0.2, -0.15) is 26.3 Å². The van der Waals surface area contributed by atoms with Crippen molar-refractivity contribution in [2.75, 3.05) is 26.2 Å². The zero-order valence-electron chi connectivity index (χ0n) is 19.8. The standard InChI is InChI=1S/C22H26F6N8O/c23-21(24,25)16-29-12-36(33-16)14-6-20(7-14)10-35(11-20)18(37)34-8-19(9-34)3-1-13(2-4-19)5-15-30-17(32-31-15)22(26,27)28/h12-14H,1-11H2,(H,30,31,32). The van der Waals surface area contributed by atoms with Crippen LogP contribution < -0.4 is 0 Å². The number of likely N-dealkylation sites (tertiary alicyclic amines) is 2. The molecule has 37 heavy (non-hydrogen) atoms. The second-order valence-electron chi connectivity index (χ2n) is 11.4. The summed E-state index contributed by atoms with van der Waals surface area (Å²) in [6.07, 6.45) is -2.58. The number of nitrogens with one attached hydrogen (secondary N) is 1. The molecule has 4 heterocycles. The van der Waals surface area contributed by atoms with Crippen LogP contribution in [-0.2, 0) is 18.8 Å². The summed E-state index contributed by atoms with van der Waals surface area (Å²) in [5.41, 5.74) is 0.0378. The van der Waals surface area contributed by atoms with Gasteiger partial charge in [0.05, 0.1) is 6.04 Å². The van der Waals surface area contributed by atoms with E-state index < -0.39 is 24.0 Å². The summed E-state index contributed by atoms with van der Waals surface area (Å²) in [6.45, 7) is 2.58. The Morgan fingerprint density at radius 1 is 0.946 bits per heavy atom. The van der Waals surface area contributed by atoms with Crippen molar-refractivity contribution in [3.8, 4) is 0 Å². The molecule has 0 bridgehead atoms. The van der Waals surface area contributed by atoms with E-state index in [4.69, 9.17) is 0 Å². The van der Waals surface area contributed by atoms with Gasteiger partial charge in [0.25, 0.3) is 5.82 Å². The van der Waals surface area contributed by atoms with Gasteiger partial charge in [0.1, 0.15) is 12.2 Å². The highest BCUT2D eigenvalue weighted by molar-refractivity contribution is 5.76. The Kier molecular flexibility index (Phi) is 5.33. The largest absolute Gasteiger partial charge is 0.453 e. The minimum atomic E-state index is -4.56. The second kappa shape index (κ2) is 8.06. The van der Waals surface area contributed by atoms with E-state index in [1.807, 2.05) is 4.90 Å². The van der Waals surface area contributed by atoms with E-state index in [-0.39, 0.29) is 34.6 Å². The van der Waals surface area contributed by atoms with Crippen molar-refractivity contribution in [3.63, 3.8) is 0 Å². The molecular weight excluding hydrogens is 506 g/mol. The van der Waals surface area contributed by atoms with Crippen LogP contribution in [-0.4, -0.2) is 72.0 Å². The first-order valence-electron chi connectivity index (χ1n) is 12.3. The molecule has 0 atom stereocenters. The summed E-state index contributed by atoms with van der Waals surface area (Å²) in [7, 11) is 0. The Hall–Kier alpha value is -2.87. The molecule has 1 N–H and O–H groups in total. The number of urea groups is 1. The molecule has 2 aromatic heterocycles. The van der Waals surface area contributed by atoms with Crippen LogP contribution in [0.5, 0.6) is 0 Å². The number of H-pyrrole nitrogens is 1. The van der Waals surface area contributed by atoms with Crippen molar-refractivity contribution in [3.05, 3.63) is 23.8 Å². The van der Waals surface area contributed by atoms with Crippen molar-refractivity contribution < 1.29 is 31.1 Å². The molecule has 2 spiro atoms. The molecule has 0 aromatic carbocycles. The lowest BCUT2D eigenvalue weighted by molar-refractivity contribution is -0.146. The molecule has 2 saturated heterocycles. The third-order valence-corrected chi connectivity index (χ3v) is 8.57. The van der Waals surface area contributed by atoms with Crippen LogP contribution >= 0.6 is 0 Å². The van der Waals surface area contributed by atoms with Gasteiger partial charge in [-0.25, -0.2) is 14.5 Å². The number of aromatic nitrogens is 6. The number of nitrogens with zero attached hydrogens (tertiary/aromatic N) is 7. The highest BCUT2D eigenvalue weighted by Gasteiger charge is 2.57. The van der Waals surface area contributed by atoms with E-state index in [1.54, 1.807) is 4.90 Å². The lowest BCUT2D eigenvalue weighted by Crippen LogP contribution is -2.69. The van der Waals surface area contributed by atoms with Gasteiger partial charge in [-0.15, -0.1) is 15.3 Å². The molecule has 202 valence electrons. The molecule has 2 aliphatic heterocycles. The van der Waals surface area contributed by atoms with Crippen molar-refractivity contribution in [2.45, 2.75) is 63.3 Å². The molecule has 2 amide bonds. The third-order valence-electron chi connectivity index (χ3n) is 8.57. The Morgan fingerprint density at radius 2 is 1.57 bits per heavy atom. The predicted octanol–water partition coefficient (Wildman–Crippen LogP) is 3.93. The van der Waals surface area contributed by atoms with Crippen LogP contribution in [0, 0.1) is 16.7 Å². The predicted molar refractivity (Wildman–Crippen MR) is 114 cm³/mol. The fourth-order valence-electron chi connectivity index (χ4n) is 6.56. The average Bonchev–Trinajstić information content (AvgIpc) is 3.40. The van der Waals surface area contributed by atoms with Crippen molar-refractivity contribution >= 4 is 6.03 Å². The minimum absolute atomic E-state index is 0.00303. The summed E-state index contributed by atoms with van der Waals surface area (Å²) in [6, 6.07) is -0.122. The van der Waals surface area contributed by atoms with Gasteiger partial charge in [0.15, 0.2) is 0 Å². The highest BCUT2D eigenvalue weighted by atomic mass is 19.4. The molecule has 15 heteroatoms. The maximum atomic E-state index is 12.9. The topological polar surface area (TPSA) is 95.8 Å². The molecule has 2 aliphatic carbocycles. The van der Waals surface area contributed by atoms with Crippen LogP contribution in [0.3, 0.4) is 0 Å². The van der Waals surface area contributed by atoms with Crippen molar-refractivity contribution in [2.24, 2.45) is 16.7 Å². The first kappa shape index (κ1) is 24.5. The summed E-state index contributed by atoms with van der Waals surface area (Å²) in [5, 5.41) is 10.4. The first-order chi connectivity index (χ1) is 17.3. The van der Waals surface area contributed by atoms with Crippen LogP contribution in [0.25, 0.3) is 0 Å². The van der Waals surface area contributed by atoms with Crippen LogP contribution in [0.1, 0.15) is 62.0 Å². The number of hydrogen-bond acceptors (Lipinski definition) is 5. The number of carbonyl (C=O) groups excluding carboxylic acids is 1. The minimum Gasteiger partial charge on any atom is -0.323 e. The number of rotatable bonds is 3. The molecule has 4 fully saturated rings. The molecule has 2 saturated carbocycles. The SMILES string of the molecule is O=C(N1CC2(CCC(Cc3nnc(C(F)(F)F)[nH]3)CC2)C1)N1CC2(CC(n3cnc(C(F)(F)F)n3)C2)C1. The normalized spacial score (nSPS) is 23.7. The summed E-state index contributed by atoms with van der Waals surface area (Å²) in [4.78, 5) is 22.2. The second-order valence-corrected chi connectivity index (χ2v) is 11.4. The van der Waals surface area contributed by atoms with E-state index in [0.717, 1.165) is 32.0 Å². The van der Waals surface area contributed by atoms with E-state index in [1.165, 1.54) is 4.68 Å². The fourth-order valence-corrected chi connectivity index (χ4v) is 6.56. The maximum absolute atomic E-state index is 12.9. The molecule has 4 aliphatic rings. The van der Waals surface area contributed by atoms with Gasteiger partial charge in [-0.3, -0.25) is 0 Å². The van der Waals surface area contributed by atoms with Gasteiger partial charge >= 0.3 is 18.4 Å². The molecular formula is C22H26F6N8O. The van der Waals surface area contributed by atoms with Crippen LogP contribution in [0.4, 0.5) is 31.1 Å². The number of amides is 2. The van der Waals surface area contributed by atoms with E-state index in [0.29, 0.717) is 45.4 Å². The first-order valence-corrected chi connectivity index (χ1v) is 12.3. The van der Waals surface area contributed by atoms with E-state index in [9.17, 15) is 31.1 Å². The average molecular weight is 532 g/mol. The molecule has 0 unspecified atom stereocenters. The number of alkyl halides is 6. The Balaban J connectivity index is 0.926. The van der Waals surface area contributed by atoms with E-state index >= 15 is 0 Å². The van der Waals surface area contributed by atoms with Crippen LogP contribution in [0.2, 0.25) is 0 Å². The molecule has 9 nitrogen and oxygen atoms in total. The number of hydrogen-bond donors (Lipinski definition) is 1. The van der Waals surface area contributed by atoms with Gasteiger partial charge in [-0.1, -0.05) is 0 Å². The quantitative estimate of drug-likeness (QED) is 0.605. The zero-order valence-corrected chi connectivity index (χ0v) is 19.8. The summed E-state index contributed by atoms with van der Waals surface area (Å²) in [5.74, 6) is -1.70. The Morgan fingerprint density at radius 3 is 2.11 bits per heavy atom. The summed E-state index contributed by atoms with van der Waals surface area (Å²) >= 11 is 0. The maximum Gasteiger partial charge on any atom is 0.453 e. The van der Waals surface area contributed by atoms with Gasteiger partial charge in [0, 0.05) is 43.4 Å². The lowest BCUT2D eigenvalue weighted by Gasteiger charge is -2.61. The molecule has 2 aromatic rings. The monoisotopic (exact) mass is 532 g/mol. The molecule has 6 rings (SSSR count). The summed E-state index contributed by atoms with van der Waals surface area (Å²) < 4.78 is 77.6. The highest BCUT2D eigenvalue weighted by Crippen LogP contribution is 2.55. The van der Waals surface area contributed by atoms with Gasteiger partial charge in [0.2, 0.25) is 5.82 Å². The zero-order chi connectivity index (χ0) is 26.2. The van der Waals surface area contributed by atoms with Crippen molar-refractivity contribution in [1.82, 2.24) is 39.7 Å². The Bertz CT molecular complexity index is 1160.